The number of nitrogens with zero attached hydrogens (tertiary/aromatic N) is 1. The second-order valence-corrected chi connectivity index (χ2v) is 4.36. The van der Waals surface area contributed by atoms with Crippen LogP contribution in [0.15, 0.2) is 27.2 Å². The molecule has 1 aromatic carbocycles. The van der Waals surface area contributed by atoms with E-state index < -0.39 is 11.8 Å². The first-order chi connectivity index (χ1) is 8.00. The Morgan fingerprint density at radius 3 is 2.82 bits per heavy atom. The first kappa shape index (κ1) is 12.1. The molecule has 7 heteroatoms. The molecule has 0 radical (unpaired) electrons. The predicted octanol–water partition coefficient (Wildman–Crippen LogP) is 3.59. The lowest BCUT2D eigenvalue weighted by atomic mass is 10.1. The first-order valence-electron chi connectivity index (χ1n) is 4.34. The van der Waals surface area contributed by atoms with E-state index in [1.807, 2.05) is 0 Å². The van der Waals surface area contributed by atoms with Crippen molar-refractivity contribution in [3.8, 4) is 11.3 Å². The smallest absolute Gasteiger partial charge is 0.374 e. The number of aromatic nitrogens is 1. The van der Waals surface area contributed by atoms with E-state index in [1.165, 1.54) is 12.1 Å². The van der Waals surface area contributed by atoms with Gasteiger partial charge >= 0.3 is 5.97 Å². The maximum Gasteiger partial charge on any atom is 0.374 e. The monoisotopic (exact) mass is 319 g/mol. The Labute approximate surface area is 108 Å². The van der Waals surface area contributed by atoms with Crippen LogP contribution in [0.4, 0.5) is 4.39 Å². The highest BCUT2D eigenvalue weighted by Crippen LogP contribution is 2.34. The minimum Gasteiger partial charge on any atom is -0.475 e. The molecule has 0 aliphatic carbocycles. The largest absolute Gasteiger partial charge is 0.475 e. The fourth-order valence-corrected chi connectivity index (χ4v) is 1.92. The Kier molecular flexibility index (Phi) is 3.17. The van der Waals surface area contributed by atoms with Crippen molar-refractivity contribution >= 4 is 33.5 Å². The van der Waals surface area contributed by atoms with Crippen LogP contribution in [0.3, 0.4) is 0 Å². The zero-order valence-corrected chi connectivity index (χ0v) is 10.4. The Balaban J connectivity index is 2.60. The van der Waals surface area contributed by atoms with E-state index in [2.05, 4.69) is 25.6 Å². The molecule has 0 fully saturated rings. The van der Waals surface area contributed by atoms with E-state index in [0.29, 0.717) is 4.47 Å². The van der Waals surface area contributed by atoms with E-state index >= 15 is 0 Å². The molecule has 88 valence electrons. The average Bonchev–Trinajstić information content (AvgIpc) is 2.73. The van der Waals surface area contributed by atoms with Crippen LogP contribution in [0.1, 0.15) is 10.6 Å². The molecule has 0 aliphatic heterocycles. The molecule has 0 amide bonds. The standard InChI is InChI=1S/C10H4BrClFNO3/c11-4-1-2-5(12)9(13)8(4)6-3-7(10(15)16)17-14-6/h1-3H,(H,15,16). The number of carboxylic acid groups (broad SMARTS) is 1. The summed E-state index contributed by atoms with van der Waals surface area (Å²) < 4.78 is 18.7. The summed E-state index contributed by atoms with van der Waals surface area (Å²) in [7, 11) is 0. The van der Waals surface area contributed by atoms with Gasteiger partial charge in [-0.1, -0.05) is 16.8 Å². The number of rotatable bonds is 2. The van der Waals surface area contributed by atoms with Crippen LogP contribution in [-0.2, 0) is 0 Å². The summed E-state index contributed by atoms with van der Waals surface area (Å²) in [6, 6.07) is 4.04. The van der Waals surface area contributed by atoms with Gasteiger partial charge in [0.05, 0.1) is 10.6 Å². The Hall–Kier alpha value is -1.40. The van der Waals surface area contributed by atoms with Gasteiger partial charge in [0.1, 0.15) is 5.69 Å². The summed E-state index contributed by atoms with van der Waals surface area (Å²) in [5, 5.41) is 12.1. The summed E-state index contributed by atoms with van der Waals surface area (Å²) in [6.07, 6.45) is 0. The molecule has 0 saturated carbocycles. The van der Waals surface area contributed by atoms with Crippen molar-refractivity contribution in [2.75, 3.05) is 0 Å². The third-order valence-corrected chi connectivity index (χ3v) is 2.97. The maximum atomic E-state index is 13.8. The van der Waals surface area contributed by atoms with Crippen LogP contribution < -0.4 is 0 Å². The van der Waals surface area contributed by atoms with Gasteiger partial charge in [0.25, 0.3) is 0 Å². The molecule has 2 aromatic rings. The molecular weight excluding hydrogens is 316 g/mol. The van der Waals surface area contributed by atoms with E-state index in [0.717, 1.165) is 6.07 Å². The molecule has 0 bridgehead atoms. The topological polar surface area (TPSA) is 63.3 Å². The molecule has 17 heavy (non-hydrogen) atoms. The van der Waals surface area contributed by atoms with Crippen molar-refractivity contribution in [2.24, 2.45) is 0 Å². The summed E-state index contributed by atoms with van der Waals surface area (Å²) in [5.74, 6) is -2.33. The second-order valence-electron chi connectivity index (χ2n) is 3.10. The summed E-state index contributed by atoms with van der Waals surface area (Å²) >= 11 is 8.77. The van der Waals surface area contributed by atoms with Gasteiger partial charge in [-0.2, -0.15) is 0 Å². The summed E-state index contributed by atoms with van der Waals surface area (Å²) in [5.41, 5.74) is 0.128. The van der Waals surface area contributed by atoms with Crippen LogP contribution in [0.25, 0.3) is 11.3 Å². The molecule has 4 nitrogen and oxygen atoms in total. The van der Waals surface area contributed by atoms with Gasteiger partial charge in [-0.3, -0.25) is 0 Å². The van der Waals surface area contributed by atoms with Gasteiger partial charge in [0, 0.05) is 10.5 Å². The highest BCUT2D eigenvalue weighted by atomic mass is 79.9. The Bertz CT molecular complexity index is 599. The van der Waals surface area contributed by atoms with Crippen molar-refractivity contribution in [1.82, 2.24) is 5.16 Å². The van der Waals surface area contributed by atoms with Gasteiger partial charge in [-0.15, -0.1) is 0 Å². The van der Waals surface area contributed by atoms with Gasteiger partial charge in [-0.25, -0.2) is 9.18 Å². The number of hydrogen-bond acceptors (Lipinski definition) is 3. The van der Waals surface area contributed by atoms with E-state index in [-0.39, 0.29) is 22.0 Å². The van der Waals surface area contributed by atoms with Gasteiger partial charge < -0.3 is 9.63 Å². The molecule has 1 heterocycles. The molecule has 0 unspecified atom stereocenters. The molecular formula is C10H4BrClFNO3. The molecule has 0 saturated heterocycles. The lowest BCUT2D eigenvalue weighted by Crippen LogP contribution is -1.92. The number of halogens is 3. The summed E-state index contributed by atoms with van der Waals surface area (Å²) in [6.45, 7) is 0. The zero-order chi connectivity index (χ0) is 12.6. The number of hydrogen-bond donors (Lipinski definition) is 1. The van der Waals surface area contributed by atoms with E-state index in [9.17, 15) is 9.18 Å². The third-order valence-electron chi connectivity index (χ3n) is 2.02. The number of carboxylic acids is 1. The fraction of sp³-hybridized carbons (Fsp3) is 0. The number of aromatic carboxylic acids is 1. The van der Waals surface area contributed by atoms with Crippen LogP contribution in [0.5, 0.6) is 0 Å². The highest BCUT2D eigenvalue weighted by molar-refractivity contribution is 9.10. The van der Waals surface area contributed by atoms with E-state index in [4.69, 9.17) is 16.7 Å². The lowest BCUT2D eigenvalue weighted by Gasteiger charge is -2.03. The first-order valence-corrected chi connectivity index (χ1v) is 5.51. The minimum absolute atomic E-state index is 0.0637. The normalized spacial score (nSPS) is 10.5. The second kappa shape index (κ2) is 4.46. The number of carbonyl (C=O) groups is 1. The SMILES string of the molecule is O=C(O)c1cc(-c2c(Br)ccc(Cl)c2F)no1. The van der Waals surface area contributed by atoms with Gasteiger partial charge in [0.2, 0.25) is 5.76 Å². The lowest BCUT2D eigenvalue weighted by molar-refractivity contribution is 0.0652. The predicted molar refractivity (Wildman–Crippen MR) is 61.6 cm³/mol. The molecule has 2 rings (SSSR count). The van der Waals surface area contributed by atoms with Crippen molar-refractivity contribution in [2.45, 2.75) is 0 Å². The molecule has 1 aromatic heterocycles. The van der Waals surface area contributed by atoms with E-state index in [1.54, 1.807) is 0 Å². The molecule has 1 N–H and O–H groups in total. The van der Waals surface area contributed by atoms with Gasteiger partial charge in [0.15, 0.2) is 5.82 Å². The zero-order valence-electron chi connectivity index (χ0n) is 8.08. The Morgan fingerprint density at radius 1 is 1.53 bits per heavy atom. The maximum absolute atomic E-state index is 13.8. The molecule has 0 spiro atoms. The summed E-state index contributed by atoms with van der Waals surface area (Å²) in [4.78, 5) is 10.6. The third kappa shape index (κ3) is 2.18. The highest BCUT2D eigenvalue weighted by Gasteiger charge is 2.19. The minimum atomic E-state index is -1.28. The number of benzene rings is 1. The van der Waals surface area contributed by atoms with Crippen LogP contribution in [-0.4, -0.2) is 16.2 Å². The van der Waals surface area contributed by atoms with Crippen molar-refractivity contribution in [1.29, 1.82) is 0 Å². The van der Waals surface area contributed by atoms with Crippen molar-refractivity contribution in [3.63, 3.8) is 0 Å². The van der Waals surface area contributed by atoms with Crippen molar-refractivity contribution < 1.29 is 18.8 Å². The average molecular weight is 321 g/mol. The fourth-order valence-electron chi connectivity index (χ4n) is 1.26. The van der Waals surface area contributed by atoms with Crippen LogP contribution in [0, 0.1) is 5.82 Å². The Morgan fingerprint density at radius 2 is 2.24 bits per heavy atom. The molecule has 0 atom stereocenters. The van der Waals surface area contributed by atoms with Crippen molar-refractivity contribution in [3.05, 3.63) is 39.3 Å². The van der Waals surface area contributed by atoms with Crippen LogP contribution in [0.2, 0.25) is 5.02 Å². The quantitative estimate of drug-likeness (QED) is 0.859. The van der Waals surface area contributed by atoms with Gasteiger partial charge in [-0.05, 0) is 28.1 Å². The molecule has 0 aliphatic rings. The van der Waals surface area contributed by atoms with Crippen LogP contribution >= 0.6 is 27.5 Å².